The van der Waals surface area contributed by atoms with Crippen molar-refractivity contribution in [2.24, 2.45) is 11.7 Å². The van der Waals surface area contributed by atoms with Gasteiger partial charge in [0.15, 0.2) is 0 Å². The molecule has 0 bridgehead atoms. The summed E-state index contributed by atoms with van der Waals surface area (Å²) in [6.07, 6.45) is 6.08. The van der Waals surface area contributed by atoms with E-state index in [0.29, 0.717) is 11.5 Å². The lowest BCUT2D eigenvalue weighted by Crippen LogP contribution is -2.37. The molecule has 0 radical (unpaired) electrons. The highest BCUT2D eigenvalue weighted by molar-refractivity contribution is 5.33. The molecule has 3 rings (SSSR count). The van der Waals surface area contributed by atoms with Gasteiger partial charge in [0, 0.05) is 24.7 Å². The Balaban J connectivity index is 1.66. The van der Waals surface area contributed by atoms with Crippen LogP contribution in [-0.2, 0) is 10.2 Å². The SMILES string of the molecule is NC(CC1CCOCC1)C1(c2ccccc2)CC1. The molecule has 0 amide bonds. The van der Waals surface area contributed by atoms with Gasteiger partial charge in [-0.15, -0.1) is 0 Å². The first-order valence-electron chi connectivity index (χ1n) is 7.20. The van der Waals surface area contributed by atoms with Crippen LogP contribution in [0.3, 0.4) is 0 Å². The molecule has 0 aromatic heterocycles. The fourth-order valence-electron chi connectivity index (χ4n) is 3.35. The Hall–Kier alpha value is -0.860. The van der Waals surface area contributed by atoms with Crippen LogP contribution in [0.15, 0.2) is 30.3 Å². The maximum atomic E-state index is 6.54. The third-order valence-electron chi connectivity index (χ3n) is 4.78. The maximum absolute atomic E-state index is 6.54. The number of nitrogens with two attached hydrogens (primary N) is 1. The molecule has 1 atom stereocenters. The van der Waals surface area contributed by atoms with Crippen molar-refractivity contribution in [3.05, 3.63) is 35.9 Å². The average Bonchev–Trinajstić information content (AvgIpc) is 3.22. The van der Waals surface area contributed by atoms with Gasteiger partial charge < -0.3 is 10.5 Å². The number of benzene rings is 1. The fraction of sp³-hybridized carbons (Fsp3) is 0.625. The zero-order chi connectivity index (χ0) is 12.4. The van der Waals surface area contributed by atoms with Crippen molar-refractivity contribution in [3.8, 4) is 0 Å². The second-order valence-electron chi connectivity index (χ2n) is 5.92. The van der Waals surface area contributed by atoms with E-state index >= 15 is 0 Å². The first-order chi connectivity index (χ1) is 8.81. The van der Waals surface area contributed by atoms with E-state index in [-0.39, 0.29) is 0 Å². The molecule has 1 aromatic rings. The summed E-state index contributed by atoms with van der Waals surface area (Å²) in [7, 11) is 0. The smallest absolute Gasteiger partial charge is 0.0468 e. The van der Waals surface area contributed by atoms with Crippen molar-refractivity contribution >= 4 is 0 Å². The summed E-state index contributed by atoms with van der Waals surface area (Å²) in [6.45, 7) is 1.85. The predicted molar refractivity (Wildman–Crippen MR) is 73.5 cm³/mol. The van der Waals surface area contributed by atoms with Crippen molar-refractivity contribution in [1.82, 2.24) is 0 Å². The molecule has 2 N–H and O–H groups in total. The van der Waals surface area contributed by atoms with E-state index in [1.165, 1.54) is 31.2 Å². The van der Waals surface area contributed by atoms with Crippen molar-refractivity contribution < 1.29 is 4.74 Å². The highest BCUT2D eigenvalue weighted by atomic mass is 16.5. The average molecular weight is 245 g/mol. The molecule has 1 unspecified atom stereocenters. The largest absolute Gasteiger partial charge is 0.381 e. The Morgan fingerprint density at radius 1 is 1.17 bits per heavy atom. The van der Waals surface area contributed by atoms with Gasteiger partial charge >= 0.3 is 0 Å². The molecular weight excluding hydrogens is 222 g/mol. The van der Waals surface area contributed by atoms with Crippen LogP contribution in [0, 0.1) is 5.92 Å². The first kappa shape index (κ1) is 12.2. The quantitative estimate of drug-likeness (QED) is 0.885. The fourth-order valence-corrected chi connectivity index (χ4v) is 3.35. The Morgan fingerprint density at radius 2 is 1.83 bits per heavy atom. The third-order valence-corrected chi connectivity index (χ3v) is 4.78. The maximum Gasteiger partial charge on any atom is 0.0468 e. The number of ether oxygens (including phenoxy) is 1. The Bertz CT molecular complexity index is 379. The van der Waals surface area contributed by atoms with Crippen LogP contribution in [0.1, 0.15) is 37.7 Å². The molecule has 1 aliphatic heterocycles. The van der Waals surface area contributed by atoms with Crippen LogP contribution in [0.5, 0.6) is 0 Å². The van der Waals surface area contributed by atoms with Gasteiger partial charge in [0.25, 0.3) is 0 Å². The number of rotatable bonds is 4. The van der Waals surface area contributed by atoms with Crippen LogP contribution in [0.25, 0.3) is 0 Å². The first-order valence-corrected chi connectivity index (χ1v) is 7.20. The van der Waals surface area contributed by atoms with Gasteiger partial charge in [-0.25, -0.2) is 0 Å². The second kappa shape index (κ2) is 5.02. The summed E-state index contributed by atoms with van der Waals surface area (Å²) >= 11 is 0. The third kappa shape index (κ3) is 2.32. The molecule has 18 heavy (non-hydrogen) atoms. The molecule has 1 saturated heterocycles. The molecule has 0 spiro atoms. The molecule has 98 valence electrons. The summed E-state index contributed by atoms with van der Waals surface area (Å²) in [5.74, 6) is 0.773. The van der Waals surface area contributed by atoms with E-state index in [9.17, 15) is 0 Å². The van der Waals surface area contributed by atoms with E-state index in [1.807, 2.05) is 0 Å². The lowest BCUT2D eigenvalue weighted by Gasteiger charge is -2.30. The van der Waals surface area contributed by atoms with Crippen molar-refractivity contribution in [3.63, 3.8) is 0 Å². The summed E-state index contributed by atoms with van der Waals surface area (Å²) in [4.78, 5) is 0. The number of hydrogen-bond donors (Lipinski definition) is 1. The van der Waals surface area contributed by atoms with Crippen molar-refractivity contribution in [1.29, 1.82) is 0 Å². The highest BCUT2D eigenvalue weighted by Crippen LogP contribution is 2.51. The zero-order valence-electron chi connectivity index (χ0n) is 11.0. The zero-order valence-corrected chi connectivity index (χ0v) is 11.0. The minimum Gasteiger partial charge on any atom is -0.381 e. The van der Waals surface area contributed by atoms with Gasteiger partial charge in [0.2, 0.25) is 0 Å². The summed E-state index contributed by atoms with van der Waals surface area (Å²) < 4.78 is 5.43. The lowest BCUT2D eigenvalue weighted by molar-refractivity contribution is 0.0606. The Labute approximate surface area is 110 Å². The van der Waals surface area contributed by atoms with Gasteiger partial charge in [-0.1, -0.05) is 30.3 Å². The van der Waals surface area contributed by atoms with Gasteiger partial charge in [-0.3, -0.25) is 0 Å². The molecule has 1 saturated carbocycles. The van der Waals surface area contributed by atoms with Gasteiger partial charge in [0.05, 0.1) is 0 Å². The highest BCUT2D eigenvalue weighted by Gasteiger charge is 2.49. The van der Waals surface area contributed by atoms with E-state index in [2.05, 4.69) is 30.3 Å². The van der Waals surface area contributed by atoms with E-state index in [0.717, 1.165) is 25.6 Å². The molecule has 2 nitrogen and oxygen atoms in total. The molecule has 1 aliphatic carbocycles. The minimum atomic E-state index is 0.291. The molecule has 2 fully saturated rings. The van der Waals surface area contributed by atoms with Crippen LogP contribution in [0.4, 0.5) is 0 Å². The predicted octanol–water partition coefficient (Wildman–Crippen LogP) is 2.86. The molecule has 1 heterocycles. The monoisotopic (exact) mass is 245 g/mol. The summed E-state index contributed by atoms with van der Waals surface area (Å²) in [5, 5.41) is 0. The Morgan fingerprint density at radius 3 is 2.44 bits per heavy atom. The molecular formula is C16H23NO. The minimum absolute atomic E-state index is 0.291. The van der Waals surface area contributed by atoms with Crippen LogP contribution in [0.2, 0.25) is 0 Å². The van der Waals surface area contributed by atoms with E-state index < -0.39 is 0 Å². The molecule has 1 aromatic carbocycles. The van der Waals surface area contributed by atoms with Crippen LogP contribution >= 0.6 is 0 Å². The van der Waals surface area contributed by atoms with E-state index in [4.69, 9.17) is 10.5 Å². The van der Waals surface area contributed by atoms with Crippen LogP contribution in [-0.4, -0.2) is 19.3 Å². The standard InChI is InChI=1S/C16H23NO/c17-15(12-13-6-10-18-11-7-13)16(8-9-16)14-4-2-1-3-5-14/h1-5,13,15H,6-12,17H2. The van der Waals surface area contributed by atoms with Gasteiger partial charge in [0.1, 0.15) is 0 Å². The van der Waals surface area contributed by atoms with Crippen molar-refractivity contribution in [2.45, 2.75) is 43.6 Å². The summed E-state index contributed by atoms with van der Waals surface area (Å²) in [6, 6.07) is 11.2. The van der Waals surface area contributed by atoms with Gasteiger partial charge in [-0.2, -0.15) is 0 Å². The second-order valence-corrected chi connectivity index (χ2v) is 5.92. The van der Waals surface area contributed by atoms with Gasteiger partial charge in [-0.05, 0) is 43.6 Å². The summed E-state index contributed by atoms with van der Waals surface area (Å²) in [5.41, 5.74) is 8.28. The normalized spacial score (nSPS) is 24.7. The molecule has 2 aliphatic rings. The van der Waals surface area contributed by atoms with Crippen molar-refractivity contribution in [2.75, 3.05) is 13.2 Å². The Kier molecular flexibility index (Phi) is 3.40. The lowest BCUT2D eigenvalue weighted by atomic mass is 9.81. The number of hydrogen-bond acceptors (Lipinski definition) is 2. The molecule has 2 heteroatoms. The van der Waals surface area contributed by atoms with E-state index in [1.54, 1.807) is 0 Å². The topological polar surface area (TPSA) is 35.2 Å². The van der Waals surface area contributed by atoms with Crippen LogP contribution < -0.4 is 5.73 Å².